The molecule has 8 heteroatoms. The molecule has 150 valence electrons. The number of carbonyl (C=O) groups is 1. The molecule has 0 unspecified atom stereocenters. The van der Waals surface area contributed by atoms with Crippen molar-refractivity contribution in [3.8, 4) is 22.9 Å². The first-order chi connectivity index (χ1) is 14.7. The Hall–Kier alpha value is -3.65. The second-order valence-electron chi connectivity index (χ2n) is 6.23. The van der Waals surface area contributed by atoms with Crippen molar-refractivity contribution >= 4 is 23.4 Å². The zero-order chi connectivity index (χ0) is 20.8. The van der Waals surface area contributed by atoms with Gasteiger partial charge in [0.1, 0.15) is 17.3 Å². The molecule has 0 fully saturated rings. The van der Waals surface area contributed by atoms with E-state index in [-0.39, 0.29) is 17.5 Å². The van der Waals surface area contributed by atoms with Crippen LogP contribution in [0.25, 0.3) is 11.4 Å². The number of benzene rings is 3. The normalized spacial score (nSPS) is 10.6. The predicted octanol–water partition coefficient (Wildman–Crippen LogP) is 5.13. The number of hydrogen-bond donors (Lipinski definition) is 2. The average Bonchev–Trinajstić information content (AvgIpc) is 3.22. The average molecular weight is 420 g/mol. The van der Waals surface area contributed by atoms with Gasteiger partial charge >= 0.3 is 0 Å². The largest absolute Gasteiger partial charge is 0.457 e. The zero-order valence-electron chi connectivity index (χ0n) is 15.7. The number of thioether (sulfide) groups is 1. The number of ether oxygens (including phenoxy) is 1. The van der Waals surface area contributed by atoms with Gasteiger partial charge in [-0.25, -0.2) is 9.37 Å². The maximum absolute atomic E-state index is 13.8. The van der Waals surface area contributed by atoms with E-state index in [0.717, 1.165) is 11.8 Å². The quantitative estimate of drug-likeness (QED) is 0.405. The van der Waals surface area contributed by atoms with Crippen molar-refractivity contribution in [1.29, 1.82) is 0 Å². The molecule has 30 heavy (non-hydrogen) atoms. The van der Waals surface area contributed by atoms with Crippen LogP contribution in [0.2, 0.25) is 0 Å². The van der Waals surface area contributed by atoms with Gasteiger partial charge in [0.25, 0.3) is 0 Å². The summed E-state index contributed by atoms with van der Waals surface area (Å²) in [4.78, 5) is 16.5. The van der Waals surface area contributed by atoms with E-state index in [1.54, 1.807) is 36.4 Å². The van der Waals surface area contributed by atoms with E-state index >= 15 is 0 Å². The molecule has 0 aliphatic rings. The Morgan fingerprint density at radius 1 is 1.00 bits per heavy atom. The van der Waals surface area contributed by atoms with Gasteiger partial charge in [0, 0.05) is 11.8 Å². The standard InChI is InChI=1S/C22H17FN4O2S/c23-19-12-5-4-11-18(19)21-25-22(27-26-21)30-14-20(28)24-15-7-6-10-17(13-15)29-16-8-2-1-3-9-16/h1-13H,14H2,(H,24,28)(H,25,26,27). The molecule has 0 aliphatic carbocycles. The summed E-state index contributed by atoms with van der Waals surface area (Å²) in [6.45, 7) is 0. The first-order valence-electron chi connectivity index (χ1n) is 9.10. The van der Waals surface area contributed by atoms with E-state index in [1.165, 1.54) is 6.07 Å². The Bertz CT molecular complexity index is 1150. The topological polar surface area (TPSA) is 79.9 Å². The van der Waals surface area contributed by atoms with Gasteiger partial charge in [0.05, 0.1) is 11.3 Å². The number of aromatic amines is 1. The van der Waals surface area contributed by atoms with E-state index in [0.29, 0.717) is 33.7 Å². The smallest absolute Gasteiger partial charge is 0.234 e. The minimum absolute atomic E-state index is 0.109. The highest BCUT2D eigenvalue weighted by molar-refractivity contribution is 7.99. The lowest BCUT2D eigenvalue weighted by Gasteiger charge is -2.08. The van der Waals surface area contributed by atoms with E-state index < -0.39 is 0 Å². The maximum atomic E-state index is 13.8. The molecule has 0 radical (unpaired) electrons. The van der Waals surface area contributed by atoms with Gasteiger partial charge in [-0.2, -0.15) is 0 Å². The van der Waals surface area contributed by atoms with Crippen LogP contribution in [0.15, 0.2) is 84.0 Å². The first kappa shape index (κ1) is 19.7. The van der Waals surface area contributed by atoms with Crippen LogP contribution in [-0.4, -0.2) is 26.8 Å². The van der Waals surface area contributed by atoms with E-state index in [4.69, 9.17) is 4.74 Å². The zero-order valence-corrected chi connectivity index (χ0v) is 16.5. The number of H-pyrrole nitrogens is 1. The third-order valence-corrected chi connectivity index (χ3v) is 4.87. The third kappa shape index (κ3) is 5.03. The fourth-order valence-electron chi connectivity index (χ4n) is 2.67. The number of amides is 1. The van der Waals surface area contributed by atoms with Crippen molar-refractivity contribution < 1.29 is 13.9 Å². The van der Waals surface area contributed by atoms with Gasteiger partial charge in [-0.15, -0.1) is 5.10 Å². The van der Waals surface area contributed by atoms with Crippen LogP contribution in [0.3, 0.4) is 0 Å². The molecule has 6 nitrogen and oxygen atoms in total. The molecular formula is C22H17FN4O2S. The molecule has 3 aromatic carbocycles. The van der Waals surface area contributed by atoms with E-state index in [1.807, 2.05) is 36.4 Å². The van der Waals surface area contributed by atoms with Crippen LogP contribution in [0, 0.1) is 5.82 Å². The minimum atomic E-state index is -0.388. The van der Waals surface area contributed by atoms with Gasteiger partial charge in [-0.3, -0.25) is 9.89 Å². The molecule has 0 saturated heterocycles. The molecule has 0 aliphatic heterocycles. The molecule has 0 bridgehead atoms. The van der Waals surface area contributed by atoms with Gasteiger partial charge in [-0.05, 0) is 36.4 Å². The summed E-state index contributed by atoms with van der Waals surface area (Å²) in [6.07, 6.45) is 0. The van der Waals surface area contributed by atoms with Crippen LogP contribution in [-0.2, 0) is 4.79 Å². The summed E-state index contributed by atoms with van der Waals surface area (Å²) in [5.74, 6) is 1.16. The van der Waals surface area contributed by atoms with Crippen molar-refractivity contribution in [2.75, 3.05) is 11.1 Å². The van der Waals surface area contributed by atoms with E-state index in [9.17, 15) is 9.18 Å². The highest BCUT2D eigenvalue weighted by atomic mass is 32.2. The predicted molar refractivity (Wildman–Crippen MR) is 114 cm³/mol. The number of aromatic nitrogens is 3. The monoisotopic (exact) mass is 420 g/mol. The van der Waals surface area contributed by atoms with Crippen molar-refractivity contribution in [2.24, 2.45) is 0 Å². The SMILES string of the molecule is O=C(CSc1n[nH]c(-c2ccccc2F)n1)Nc1cccc(Oc2ccccc2)c1. The highest BCUT2D eigenvalue weighted by Gasteiger charge is 2.12. The summed E-state index contributed by atoms with van der Waals surface area (Å²) in [5.41, 5.74) is 0.951. The number of carbonyl (C=O) groups excluding carboxylic acids is 1. The van der Waals surface area contributed by atoms with Gasteiger partial charge < -0.3 is 10.1 Å². The molecular weight excluding hydrogens is 403 g/mol. The lowest BCUT2D eigenvalue weighted by atomic mass is 10.2. The Balaban J connectivity index is 1.33. The molecule has 0 spiro atoms. The Labute approximate surface area is 176 Å². The van der Waals surface area contributed by atoms with Gasteiger partial charge in [0.2, 0.25) is 11.1 Å². The third-order valence-electron chi connectivity index (χ3n) is 4.02. The highest BCUT2D eigenvalue weighted by Crippen LogP contribution is 2.25. The summed E-state index contributed by atoms with van der Waals surface area (Å²) in [6, 6.07) is 22.8. The maximum Gasteiger partial charge on any atom is 0.234 e. The lowest BCUT2D eigenvalue weighted by Crippen LogP contribution is -2.14. The summed E-state index contributed by atoms with van der Waals surface area (Å²) in [7, 11) is 0. The molecule has 4 rings (SSSR count). The van der Waals surface area contributed by atoms with E-state index in [2.05, 4.69) is 20.5 Å². The molecule has 4 aromatic rings. The van der Waals surface area contributed by atoms with Crippen molar-refractivity contribution in [2.45, 2.75) is 5.16 Å². The fourth-order valence-corrected chi connectivity index (χ4v) is 3.27. The number of rotatable bonds is 7. The van der Waals surface area contributed by atoms with Crippen molar-refractivity contribution in [1.82, 2.24) is 15.2 Å². The number of hydrogen-bond acceptors (Lipinski definition) is 5. The molecule has 1 amide bonds. The molecule has 1 aromatic heterocycles. The van der Waals surface area contributed by atoms with Gasteiger partial charge in [-0.1, -0.05) is 48.2 Å². The Morgan fingerprint density at radius 3 is 2.60 bits per heavy atom. The number of para-hydroxylation sites is 1. The molecule has 2 N–H and O–H groups in total. The van der Waals surface area contributed by atoms with Crippen LogP contribution in [0.1, 0.15) is 0 Å². The number of nitrogens with one attached hydrogen (secondary N) is 2. The first-order valence-corrected chi connectivity index (χ1v) is 10.1. The van der Waals surface area contributed by atoms with Crippen LogP contribution in [0.4, 0.5) is 10.1 Å². The second kappa shape index (κ2) is 9.23. The Morgan fingerprint density at radius 2 is 1.77 bits per heavy atom. The Kier molecular flexibility index (Phi) is 6.05. The van der Waals surface area contributed by atoms with Crippen LogP contribution >= 0.6 is 11.8 Å². The summed E-state index contributed by atoms with van der Waals surface area (Å²) in [5, 5.41) is 9.92. The van der Waals surface area contributed by atoms with Gasteiger partial charge in [0.15, 0.2) is 5.82 Å². The van der Waals surface area contributed by atoms with Crippen molar-refractivity contribution in [3.63, 3.8) is 0 Å². The van der Waals surface area contributed by atoms with Crippen LogP contribution in [0.5, 0.6) is 11.5 Å². The minimum Gasteiger partial charge on any atom is -0.457 e. The molecule has 0 atom stereocenters. The number of halogens is 1. The number of nitrogens with zero attached hydrogens (tertiary/aromatic N) is 2. The molecule has 1 heterocycles. The fraction of sp³-hybridized carbons (Fsp3) is 0.0455. The lowest BCUT2D eigenvalue weighted by molar-refractivity contribution is -0.113. The number of anilines is 1. The summed E-state index contributed by atoms with van der Waals surface area (Å²) < 4.78 is 19.6. The molecule has 0 saturated carbocycles. The van der Waals surface area contributed by atoms with Crippen LogP contribution < -0.4 is 10.1 Å². The van der Waals surface area contributed by atoms with Crippen molar-refractivity contribution in [3.05, 3.63) is 84.7 Å². The second-order valence-corrected chi connectivity index (χ2v) is 7.17. The summed E-state index contributed by atoms with van der Waals surface area (Å²) >= 11 is 1.16.